The van der Waals surface area contributed by atoms with Gasteiger partial charge in [0.1, 0.15) is 11.4 Å². The van der Waals surface area contributed by atoms with E-state index in [2.05, 4.69) is 26.5 Å². The predicted octanol–water partition coefficient (Wildman–Crippen LogP) is 3.51. The van der Waals surface area contributed by atoms with Crippen LogP contribution < -0.4 is 16.0 Å². The van der Waals surface area contributed by atoms with Crippen LogP contribution in [0.5, 0.6) is 0 Å². The first-order chi connectivity index (χ1) is 14.0. The van der Waals surface area contributed by atoms with Gasteiger partial charge in [-0.15, -0.1) is 6.42 Å². The second-order valence-corrected chi connectivity index (χ2v) is 5.84. The average Bonchev–Trinajstić information content (AvgIpc) is 2.66. The Bertz CT molecular complexity index is 919. The van der Waals surface area contributed by atoms with Gasteiger partial charge in [-0.3, -0.25) is 4.79 Å². The van der Waals surface area contributed by atoms with Crippen molar-refractivity contribution in [2.24, 2.45) is 0 Å². The van der Waals surface area contributed by atoms with Gasteiger partial charge in [0.05, 0.1) is 6.54 Å². The van der Waals surface area contributed by atoms with E-state index in [1.54, 1.807) is 17.4 Å². The van der Waals surface area contributed by atoms with E-state index in [4.69, 9.17) is 6.42 Å². The molecule has 0 aliphatic rings. The molecule has 2 rings (SSSR count). The average molecular weight is 431 g/mol. The lowest BCUT2D eigenvalue weighted by atomic mass is 10.1. The summed E-state index contributed by atoms with van der Waals surface area (Å²) in [6, 6.07) is 6.22. The molecule has 1 aromatic carbocycles. The highest BCUT2D eigenvalue weighted by Crippen LogP contribution is 2.34. The summed E-state index contributed by atoms with van der Waals surface area (Å²) in [6.45, 7) is -0.379. The summed E-state index contributed by atoms with van der Waals surface area (Å²) in [6.07, 6.45) is -3.79. The van der Waals surface area contributed by atoms with Gasteiger partial charge in [-0.2, -0.15) is 31.3 Å². The van der Waals surface area contributed by atoms with Gasteiger partial charge in [-0.1, -0.05) is 18.1 Å². The van der Waals surface area contributed by atoms with Crippen molar-refractivity contribution in [1.29, 1.82) is 0 Å². The number of carbonyl (C=O) groups excluding carboxylic acids is 1. The molecular formula is C18H15F6N5O. The fourth-order valence-electron chi connectivity index (χ4n) is 2.22. The Balaban J connectivity index is 2.03. The molecule has 1 heterocycles. The number of aromatic nitrogens is 2. The maximum atomic E-state index is 13.0. The van der Waals surface area contributed by atoms with Crippen molar-refractivity contribution in [2.45, 2.75) is 18.8 Å². The zero-order chi connectivity index (χ0) is 22.4. The molecule has 0 spiro atoms. The molecule has 0 unspecified atom stereocenters. The van der Waals surface area contributed by atoms with Gasteiger partial charge < -0.3 is 16.0 Å². The number of hydrogen-bond acceptors (Lipinski definition) is 5. The summed E-state index contributed by atoms with van der Waals surface area (Å²) in [5, 5.41) is 6.86. The van der Waals surface area contributed by atoms with Crippen LogP contribution in [0.1, 0.15) is 11.1 Å². The Labute approximate surface area is 167 Å². The predicted molar refractivity (Wildman–Crippen MR) is 96.9 cm³/mol. The number of rotatable bonds is 7. The molecule has 0 bridgehead atoms. The normalized spacial score (nSPS) is 11.5. The first-order valence-electron chi connectivity index (χ1n) is 8.33. The number of carbonyl (C=O) groups is 1. The molecule has 30 heavy (non-hydrogen) atoms. The summed E-state index contributed by atoms with van der Waals surface area (Å²) < 4.78 is 75.4. The SMILES string of the molecule is C#CCNc1nc(Nc2ccc(CCNC(=O)C(F)(F)F)cc2)ncc1C(F)(F)F. The minimum absolute atomic E-state index is 0.118. The number of amides is 1. The van der Waals surface area contributed by atoms with Crippen LogP contribution in [0.25, 0.3) is 0 Å². The molecule has 0 saturated carbocycles. The molecule has 0 aliphatic heterocycles. The number of alkyl halides is 6. The topological polar surface area (TPSA) is 78.9 Å². The summed E-state index contributed by atoms with van der Waals surface area (Å²) in [7, 11) is 0. The zero-order valence-electron chi connectivity index (χ0n) is 15.2. The lowest BCUT2D eigenvalue weighted by Crippen LogP contribution is -2.37. The minimum Gasteiger partial charge on any atom is -0.358 e. The van der Waals surface area contributed by atoms with E-state index < -0.39 is 29.6 Å². The van der Waals surface area contributed by atoms with Crippen LogP contribution in [-0.2, 0) is 17.4 Å². The molecule has 0 radical (unpaired) electrons. The third kappa shape index (κ3) is 6.54. The van der Waals surface area contributed by atoms with Crippen molar-refractivity contribution in [2.75, 3.05) is 23.7 Å². The summed E-state index contributed by atoms with van der Waals surface area (Å²) in [4.78, 5) is 18.2. The van der Waals surface area contributed by atoms with Gasteiger partial charge in [0.25, 0.3) is 0 Å². The lowest BCUT2D eigenvalue weighted by Gasteiger charge is -2.14. The van der Waals surface area contributed by atoms with E-state index in [-0.39, 0.29) is 25.5 Å². The van der Waals surface area contributed by atoms with Gasteiger partial charge in [0.2, 0.25) is 5.95 Å². The molecule has 0 saturated heterocycles. The van der Waals surface area contributed by atoms with Crippen molar-refractivity contribution >= 4 is 23.4 Å². The Hall–Kier alpha value is -3.49. The van der Waals surface area contributed by atoms with Crippen molar-refractivity contribution in [1.82, 2.24) is 15.3 Å². The maximum absolute atomic E-state index is 13.0. The number of nitrogens with one attached hydrogen (secondary N) is 3. The lowest BCUT2D eigenvalue weighted by molar-refractivity contribution is -0.173. The minimum atomic E-state index is -4.94. The standard InChI is InChI=1S/C18H15F6N5O/c1-2-8-25-14-13(17(19,20)21)10-27-16(29-14)28-12-5-3-11(4-6-12)7-9-26-15(30)18(22,23)24/h1,3-6,10H,7-9H2,(H,26,30)(H2,25,27,28,29). The van der Waals surface area contributed by atoms with E-state index >= 15 is 0 Å². The molecule has 0 atom stereocenters. The fourth-order valence-corrected chi connectivity index (χ4v) is 2.22. The number of halogens is 6. The molecule has 0 fully saturated rings. The third-order valence-corrected chi connectivity index (χ3v) is 3.62. The van der Waals surface area contributed by atoms with Gasteiger partial charge >= 0.3 is 18.3 Å². The fraction of sp³-hybridized carbons (Fsp3) is 0.278. The van der Waals surface area contributed by atoms with Crippen LogP contribution in [-0.4, -0.2) is 35.1 Å². The van der Waals surface area contributed by atoms with Gasteiger partial charge in [-0.25, -0.2) is 4.98 Å². The smallest absolute Gasteiger partial charge is 0.358 e. The summed E-state index contributed by atoms with van der Waals surface area (Å²) >= 11 is 0. The maximum Gasteiger partial charge on any atom is 0.471 e. The molecule has 1 amide bonds. The first-order valence-corrected chi connectivity index (χ1v) is 8.33. The molecule has 0 aliphatic carbocycles. The molecule has 1 aromatic heterocycles. The number of hydrogen-bond donors (Lipinski definition) is 3. The van der Waals surface area contributed by atoms with E-state index in [1.165, 1.54) is 12.1 Å². The van der Waals surface area contributed by atoms with Crippen molar-refractivity contribution in [3.8, 4) is 12.3 Å². The zero-order valence-corrected chi connectivity index (χ0v) is 15.2. The third-order valence-electron chi connectivity index (χ3n) is 3.62. The van der Waals surface area contributed by atoms with Crippen LogP contribution in [0.4, 0.5) is 43.8 Å². The molecule has 160 valence electrons. The van der Waals surface area contributed by atoms with Gasteiger partial charge in [-0.05, 0) is 24.1 Å². The molecule has 6 nitrogen and oxygen atoms in total. The first kappa shape index (κ1) is 22.8. The summed E-state index contributed by atoms with van der Waals surface area (Å²) in [5.74, 6) is -0.459. The Kier molecular flexibility index (Phi) is 7.10. The number of benzene rings is 1. The van der Waals surface area contributed by atoms with Gasteiger partial charge in [0, 0.05) is 18.4 Å². The second kappa shape index (κ2) is 9.34. The summed E-state index contributed by atoms with van der Waals surface area (Å²) in [5.41, 5.74) is -0.00646. The van der Waals surface area contributed by atoms with E-state index in [0.29, 0.717) is 17.4 Å². The van der Waals surface area contributed by atoms with Crippen LogP contribution >= 0.6 is 0 Å². The largest absolute Gasteiger partial charge is 0.471 e. The number of anilines is 3. The Morgan fingerprint density at radius 1 is 1.10 bits per heavy atom. The highest BCUT2D eigenvalue weighted by Gasteiger charge is 2.38. The van der Waals surface area contributed by atoms with Crippen molar-refractivity contribution < 1.29 is 31.1 Å². The molecular weight excluding hydrogens is 416 g/mol. The van der Waals surface area contributed by atoms with E-state index in [1.807, 2.05) is 0 Å². The van der Waals surface area contributed by atoms with Crippen molar-refractivity contribution in [3.05, 3.63) is 41.6 Å². The van der Waals surface area contributed by atoms with E-state index in [0.717, 1.165) is 0 Å². The number of nitrogens with zero attached hydrogens (tertiary/aromatic N) is 2. The van der Waals surface area contributed by atoms with Crippen LogP contribution in [0.2, 0.25) is 0 Å². The quantitative estimate of drug-likeness (QED) is 0.462. The van der Waals surface area contributed by atoms with Crippen LogP contribution in [0.3, 0.4) is 0 Å². The molecule has 3 N–H and O–H groups in total. The highest BCUT2D eigenvalue weighted by molar-refractivity contribution is 5.81. The monoisotopic (exact) mass is 431 g/mol. The Morgan fingerprint density at radius 2 is 1.77 bits per heavy atom. The highest BCUT2D eigenvalue weighted by atomic mass is 19.4. The second-order valence-electron chi connectivity index (χ2n) is 5.84. The molecule has 2 aromatic rings. The van der Waals surface area contributed by atoms with Gasteiger partial charge in [0.15, 0.2) is 0 Å². The molecule has 12 heteroatoms. The van der Waals surface area contributed by atoms with Crippen LogP contribution in [0, 0.1) is 12.3 Å². The Morgan fingerprint density at radius 3 is 2.33 bits per heavy atom. The number of terminal acetylenes is 1. The van der Waals surface area contributed by atoms with E-state index in [9.17, 15) is 31.1 Å². The van der Waals surface area contributed by atoms with Crippen molar-refractivity contribution in [3.63, 3.8) is 0 Å². The van der Waals surface area contributed by atoms with Crippen LogP contribution in [0.15, 0.2) is 30.5 Å².